The van der Waals surface area contributed by atoms with Crippen LogP contribution in [0.5, 0.6) is 0 Å². The SMILES string of the molecule is CC1(C(N)=O)CCN(C(=O)NC2COCC2C(=O)O)C1. The Morgan fingerprint density at radius 1 is 1.40 bits per heavy atom. The Labute approximate surface area is 116 Å². The van der Waals surface area contributed by atoms with Gasteiger partial charge in [-0.05, 0) is 13.3 Å². The Hall–Kier alpha value is -1.83. The summed E-state index contributed by atoms with van der Waals surface area (Å²) in [5.74, 6) is -2.15. The van der Waals surface area contributed by atoms with Gasteiger partial charge in [0, 0.05) is 13.1 Å². The van der Waals surface area contributed by atoms with E-state index in [0.29, 0.717) is 13.0 Å². The predicted octanol–water partition coefficient (Wildman–Crippen LogP) is -1.01. The summed E-state index contributed by atoms with van der Waals surface area (Å²) in [5, 5.41) is 11.7. The number of carboxylic acids is 1. The van der Waals surface area contributed by atoms with Gasteiger partial charge in [0.15, 0.2) is 0 Å². The number of carbonyl (C=O) groups is 3. The summed E-state index contributed by atoms with van der Waals surface area (Å²) in [7, 11) is 0. The first-order chi connectivity index (χ1) is 9.33. The number of aliphatic carboxylic acids is 1. The maximum atomic E-state index is 12.1. The lowest BCUT2D eigenvalue weighted by Crippen LogP contribution is -2.49. The van der Waals surface area contributed by atoms with Crippen LogP contribution in [0, 0.1) is 11.3 Å². The zero-order chi connectivity index (χ0) is 14.9. The standard InChI is InChI=1S/C12H19N3O5/c1-12(10(13)18)2-3-15(6-12)11(19)14-8-5-20-4-7(8)9(16)17/h7-8H,2-6H2,1H3,(H2,13,18)(H,14,19)(H,16,17). The lowest BCUT2D eigenvalue weighted by Gasteiger charge is -2.23. The fourth-order valence-electron chi connectivity index (χ4n) is 2.53. The Morgan fingerprint density at radius 3 is 2.65 bits per heavy atom. The molecular formula is C12H19N3O5. The molecule has 0 aromatic rings. The lowest BCUT2D eigenvalue weighted by atomic mass is 9.89. The summed E-state index contributed by atoms with van der Waals surface area (Å²) < 4.78 is 5.09. The number of rotatable bonds is 3. The molecular weight excluding hydrogens is 266 g/mol. The van der Waals surface area contributed by atoms with Crippen LogP contribution in [0.1, 0.15) is 13.3 Å². The highest BCUT2D eigenvalue weighted by molar-refractivity contribution is 5.83. The summed E-state index contributed by atoms with van der Waals surface area (Å²) in [6, 6.07) is -0.919. The summed E-state index contributed by atoms with van der Waals surface area (Å²) in [5.41, 5.74) is 4.61. The van der Waals surface area contributed by atoms with Gasteiger partial charge in [0.25, 0.3) is 0 Å². The van der Waals surface area contributed by atoms with Gasteiger partial charge in [-0.1, -0.05) is 0 Å². The van der Waals surface area contributed by atoms with E-state index < -0.39 is 29.3 Å². The van der Waals surface area contributed by atoms with Crippen LogP contribution in [0.3, 0.4) is 0 Å². The van der Waals surface area contributed by atoms with Crippen molar-refractivity contribution in [1.82, 2.24) is 10.2 Å². The quantitative estimate of drug-likeness (QED) is 0.613. The number of carbonyl (C=O) groups excluding carboxylic acids is 2. The highest BCUT2D eigenvalue weighted by Gasteiger charge is 2.42. The molecule has 112 valence electrons. The molecule has 2 heterocycles. The van der Waals surface area contributed by atoms with E-state index in [1.54, 1.807) is 6.92 Å². The number of nitrogens with two attached hydrogens (primary N) is 1. The molecule has 0 bridgehead atoms. The van der Waals surface area contributed by atoms with Gasteiger partial charge < -0.3 is 25.8 Å². The van der Waals surface area contributed by atoms with E-state index in [4.69, 9.17) is 15.6 Å². The molecule has 2 aliphatic rings. The predicted molar refractivity (Wildman–Crippen MR) is 67.8 cm³/mol. The molecule has 2 fully saturated rings. The molecule has 2 aliphatic heterocycles. The van der Waals surface area contributed by atoms with Gasteiger partial charge in [-0.2, -0.15) is 0 Å². The average Bonchev–Trinajstić information content (AvgIpc) is 2.96. The third-order valence-electron chi connectivity index (χ3n) is 4.06. The second-order valence-corrected chi connectivity index (χ2v) is 5.63. The first-order valence-corrected chi connectivity index (χ1v) is 6.49. The summed E-state index contributed by atoms with van der Waals surface area (Å²) >= 11 is 0. The van der Waals surface area contributed by atoms with E-state index in [1.807, 2.05) is 0 Å². The number of nitrogens with one attached hydrogen (secondary N) is 1. The molecule has 0 saturated carbocycles. The number of primary amides is 1. The van der Waals surface area contributed by atoms with Crippen molar-refractivity contribution in [3.8, 4) is 0 Å². The number of nitrogens with zero attached hydrogens (tertiary/aromatic N) is 1. The normalized spacial score (nSPS) is 33.1. The average molecular weight is 285 g/mol. The number of urea groups is 1. The minimum absolute atomic E-state index is 0.0965. The van der Waals surface area contributed by atoms with Crippen molar-refractivity contribution in [2.75, 3.05) is 26.3 Å². The Bertz CT molecular complexity index is 441. The van der Waals surface area contributed by atoms with Crippen LogP contribution in [-0.2, 0) is 14.3 Å². The fraction of sp³-hybridized carbons (Fsp3) is 0.750. The highest BCUT2D eigenvalue weighted by Crippen LogP contribution is 2.29. The van der Waals surface area contributed by atoms with Crippen molar-refractivity contribution < 1.29 is 24.2 Å². The summed E-state index contributed by atoms with van der Waals surface area (Å²) in [6.07, 6.45) is 0.513. The number of ether oxygens (including phenoxy) is 1. The van der Waals surface area contributed by atoms with Crippen molar-refractivity contribution in [3.63, 3.8) is 0 Å². The molecule has 8 heteroatoms. The molecule has 3 amide bonds. The number of hydrogen-bond acceptors (Lipinski definition) is 4. The van der Waals surface area contributed by atoms with Crippen molar-refractivity contribution in [3.05, 3.63) is 0 Å². The van der Waals surface area contributed by atoms with E-state index >= 15 is 0 Å². The Balaban J connectivity index is 1.93. The Kier molecular flexibility index (Phi) is 3.85. The first-order valence-electron chi connectivity index (χ1n) is 6.49. The molecule has 0 aromatic carbocycles. The van der Waals surface area contributed by atoms with Gasteiger partial charge in [-0.15, -0.1) is 0 Å². The molecule has 3 unspecified atom stereocenters. The van der Waals surface area contributed by atoms with E-state index in [2.05, 4.69) is 5.32 Å². The molecule has 3 atom stereocenters. The van der Waals surface area contributed by atoms with Crippen molar-refractivity contribution in [2.45, 2.75) is 19.4 Å². The van der Waals surface area contributed by atoms with Gasteiger partial charge in [0.1, 0.15) is 5.92 Å². The van der Waals surface area contributed by atoms with Crippen LogP contribution in [0.4, 0.5) is 4.79 Å². The number of amides is 3. The van der Waals surface area contributed by atoms with E-state index in [1.165, 1.54) is 4.90 Å². The molecule has 0 spiro atoms. The first kappa shape index (κ1) is 14.6. The highest BCUT2D eigenvalue weighted by atomic mass is 16.5. The maximum Gasteiger partial charge on any atom is 0.317 e. The van der Waals surface area contributed by atoms with E-state index in [0.717, 1.165) is 0 Å². The zero-order valence-corrected chi connectivity index (χ0v) is 11.3. The van der Waals surface area contributed by atoms with E-state index in [-0.39, 0.29) is 25.8 Å². The molecule has 2 saturated heterocycles. The van der Waals surface area contributed by atoms with Crippen molar-refractivity contribution >= 4 is 17.9 Å². The van der Waals surface area contributed by atoms with Gasteiger partial charge in [-0.25, -0.2) is 4.79 Å². The molecule has 0 radical (unpaired) electrons. The van der Waals surface area contributed by atoms with Crippen LogP contribution in [-0.4, -0.2) is 60.3 Å². The summed E-state index contributed by atoms with van der Waals surface area (Å²) in [4.78, 5) is 35.9. The van der Waals surface area contributed by atoms with Crippen molar-refractivity contribution in [1.29, 1.82) is 0 Å². The van der Waals surface area contributed by atoms with Crippen LogP contribution in [0.15, 0.2) is 0 Å². The zero-order valence-electron chi connectivity index (χ0n) is 11.3. The molecule has 8 nitrogen and oxygen atoms in total. The lowest BCUT2D eigenvalue weighted by molar-refractivity contribution is -0.142. The Morgan fingerprint density at radius 2 is 2.10 bits per heavy atom. The minimum Gasteiger partial charge on any atom is -0.481 e. The van der Waals surface area contributed by atoms with Crippen molar-refractivity contribution in [2.24, 2.45) is 17.1 Å². The number of hydrogen-bond donors (Lipinski definition) is 3. The van der Waals surface area contributed by atoms with Gasteiger partial charge in [0.05, 0.1) is 24.7 Å². The van der Waals surface area contributed by atoms with Crippen LogP contribution < -0.4 is 11.1 Å². The third-order valence-corrected chi connectivity index (χ3v) is 4.06. The van der Waals surface area contributed by atoms with Crippen LogP contribution in [0.25, 0.3) is 0 Å². The second-order valence-electron chi connectivity index (χ2n) is 5.63. The number of likely N-dealkylation sites (tertiary alicyclic amines) is 1. The topological polar surface area (TPSA) is 122 Å². The smallest absolute Gasteiger partial charge is 0.317 e. The molecule has 0 aliphatic carbocycles. The number of carboxylic acid groups (broad SMARTS) is 1. The second kappa shape index (κ2) is 5.28. The summed E-state index contributed by atoms with van der Waals surface area (Å²) in [6.45, 7) is 2.68. The van der Waals surface area contributed by atoms with Gasteiger partial charge in [0.2, 0.25) is 5.91 Å². The molecule has 20 heavy (non-hydrogen) atoms. The monoisotopic (exact) mass is 285 g/mol. The third kappa shape index (κ3) is 2.69. The van der Waals surface area contributed by atoms with Gasteiger partial charge in [-0.3, -0.25) is 9.59 Å². The molecule has 2 rings (SSSR count). The minimum atomic E-state index is -0.990. The molecule has 0 aromatic heterocycles. The van der Waals surface area contributed by atoms with Gasteiger partial charge >= 0.3 is 12.0 Å². The van der Waals surface area contributed by atoms with Crippen LogP contribution in [0.2, 0.25) is 0 Å². The largest absolute Gasteiger partial charge is 0.481 e. The van der Waals surface area contributed by atoms with E-state index in [9.17, 15) is 14.4 Å². The molecule has 4 N–H and O–H groups in total. The maximum absolute atomic E-state index is 12.1. The van der Waals surface area contributed by atoms with Crippen LogP contribution >= 0.6 is 0 Å². The fourth-order valence-corrected chi connectivity index (χ4v) is 2.53.